The van der Waals surface area contributed by atoms with Crippen LogP contribution in [0.4, 0.5) is 0 Å². The van der Waals surface area contributed by atoms with Crippen molar-refractivity contribution in [3.8, 4) is 5.75 Å². The zero-order chi connectivity index (χ0) is 25.0. The van der Waals surface area contributed by atoms with Crippen LogP contribution in [0.25, 0.3) is 0 Å². The van der Waals surface area contributed by atoms with Gasteiger partial charge in [-0.3, -0.25) is 14.6 Å². The van der Waals surface area contributed by atoms with Crippen molar-refractivity contribution in [2.45, 2.75) is 32.4 Å². The fourth-order valence-corrected chi connectivity index (χ4v) is 3.90. The Hall–Kier alpha value is -3.68. The number of carbonyl (C=O) groups excluding carboxylic acids is 3. The van der Waals surface area contributed by atoms with Crippen LogP contribution in [0.1, 0.15) is 48.3 Å². The molecule has 180 valence electrons. The number of carbonyl (C=O) groups is 3. The highest BCUT2D eigenvalue weighted by molar-refractivity contribution is 6.15. The summed E-state index contributed by atoms with van der Waals surface area (Å²) in [5, 5.41) is 0. The first-order valence-corrected chi connectivity index (χ1v) is 10.8. The lowest BCUT2D eigenvalue weighted by Crippen LogP contribution is -2.35. The van der Waals surface area contributed by atoms with E-state index >= 15 is 0 Å². The zero-order valence-corrected chi connectivity index (χ0v) is 20.2. The van der Waals surface area contributed by atoms with E-state index in [0.717, 1.165) is 5.56 Å². The van der Waals surface area contributed by atoms with Crippen molar-refractivity contribution in [1.82, 2.24) is 0 Å². The van der Waals surface area contributed by atoms with E-state index in [1.54, 1.807) is 76.4 Å². The van der Waals surface area contributed by atoms with Gasteiger partial charge in [-0.2, -0.15) is 0 Å². The first kappa shape index (κ1) is 25.0. The average molecular weight is 468 g/mol. The Morgan fingerprint density at radius 1 is 0.824 bits per heavy atom. The Labute approximate surface area is 198 Å². The molecule has 2 aromatic carbocycles. The Morgan fingerprint density at radius 2 is 1.41 bits per heavy atom. The van der Waals surface area contributed by atoms with Crippen LogP contribution < -0.4 is 4.74 Å². The van der Waals surface area contributed by atoms with Crippen LogP contribution in [0.15, 0.2) is 53.5 Å². The normalized spacial score (nSPS) is 19.7. The maximum atomic E-state index is 12.8. The minimum absolute atomic E-state index is 0.364. The van der Waals surface area contributed by atoms with Crippen molar-refractivity contribution in [1.29, 1.82) is 0 Å². The number of methoxy groups -OCH3 is 3. The number of benzene rings is 2. The van der Waals surface area contributed by atoms with Crippen molar-refractivity contribution >= 4 is 23.6 Å². The molecule has 0 radical (unpaired) electrons. The number of ether oxygens (including phenoxy) is 4. The third kappa shape index (κ3) is 5.27. The van der Waals surface area contributed by atoms with Gasteiger partial charge in [-0.1, -0.05) is 24.3 Å². The molecule has 8 heteroatoms. The van der Waals surface area contributed by atoms with Crippen molar-refractivity contribution < 1.29 is 33.3 Å². The molecule has 0 saturated carbocycles. The first-order valence-electron chi connectivity index (χ1n) is 10.8. The maximum absolute atomic E-state index is 12.8. The second kappa shape index (κ2) is 10.1. The molecule has 3 atom stereocenters. The van der Waals surface area contributed by atoms with Crippen molar-refractivity contribution in [3.63, 3.8) is 0 Å². The van der Waals surface area contributed by atoms with Crippen molar-refractivity contribution in [2.75, 3.05) is 21.3 Å². The molecule has 3 rings (SSSR count). The SMILES string of the molecule is COC(=O)[C@@H]1C(c2ccc(C(=O)OC(C)(C)C)cc2)=N[C@@H](c2ccc(OC)cc2)[C@H]1C(=O)OC. The standard InChI is InChI=1S/C26H29NO7/c1-26(2,3)34-23(28)17-9-7-15(8-10-17)21-19(24(29)32-5)20(25(30)33-6)22(27-21)16-11-13-18(31-4)14-12-16/h7-14,19-20,22H,1-6H3/t19-,20-,22-/m0/s1. The van der Waals surface area contributed by atoms with Gasteiger partial charge < -0.3 is 18.9 Å². The van der Waals surface area contributed by atoms with E-state index < -0.39 is 41.4 Å². The van der Waals surface area contributed by atoms with Gasteiger partial charge in [0.2, 0.25) is 0 Å². The number of rotatable bonds is 6. The van der Waals surface area contributed by atoms with E-state index in [1.807, 2.05) is 0 Å². The fourth-order valence-electron chi connectivity index (χ4n) is 3.90. The zero-order valence-electron chi connectivity index (χ0n) is 20.2. The van der Waals surface area contributed by atoms with Crippen LogP contribution in [0.3, 0.4) is 0 Å². The topological polar surface area (TPSA) is 100 Å². The van der Waals surface area contributed by atoms with Crippen LogP contribution in [0.2, 0.25) is 0 Å². The molecule has 0 N–H and O–H groups in total. The molecule has 34 heavy (non-hydrogen) atoms. The van der Waals surface area contributed by atoms with Crippen molar-refractivity contribution in [3.05, 3.63) is 65.2 Å². The predicted molar refractivity (Wildman–Crippen MR) is 125 cm³/mol. The molecule has 0 amide bonds. The molecule has 1 aliphatic rings. The molecule has 1 heterocycles. The molecule has 0 unspecified atom stereocenters. The number of hydrogen-bond donors (Lipinski definition) is 0. The largest absolute Gasteiger partial charge is 0.497 e. The summed E-state index contributed by atoms with van der Waals surface area (Å²) in [6.45, 7) is 5.37. The summed E-state index contributed by atoms with van der Waals surface area (Å²) >= 11 is 0. The Kier molecular flexibility index (Phi) is 7.39. The highest BCUT2D eigenvalue weighted by Gasteiger charge is 2.49. The van der Waals surface area contributed by atoms with Gasteiger partial charge in [0.25, 0.3) is 0 Å². The summed E-state index contributed by atoms with van der Waals surface area (Å²) in [6.07, 6.45) is 0. The Balaban J connectivity index is 2.04. The van der Waals surface area contributed by atoms with Crippen LogP contribution >= 0.6 is 0 Å². The lowest BCUT2D eigenvalue weighted by atomic mass is 9.82. The number of esters is 3. The molecule has 0 saturated heterocycles. The highest BCUT2D eigenvalue weighted by Crippen LogP contribution is 2.42. The minimum atomic E-state index is -0.975. The van der Waals surface area contributed by atoms with Gasteiger partial charge in [0, 0.05) is 0 Å². The van der Waals surface area contributed by atoms with Crippen molar-refractivity contribution in [2.24, 2.45) is 16.8 Å². The quantitative estimate of drug-likeness (QED) is 0.471. The van der Waals surface area contributed by atoms with Gasteiger partial charge in [-0.15, -0.1) is 0 Å². The summed E-state index contributed by atoms with van der Waals surface area (Å²) in [5.41, 5.74) is 1.45. The summed E-state index contributed by atoms with van der Waals surface area (Å²) in [5.74, 6) is -2.85. The third-order valence-corrected chi connectivity index (χ3v) is 5.47. The molecular weight excluding hydrogens is 438 g/mol. The van der Waals surface area contributed by atoms with E-state index in [-0.39, 0.29) is 0 Å². The fraction of sp³-hybridized carbons (Fsp3) is 0.385. The molecule has 0 aliphatic carbocycles. The molecule has 0 spiro atoms. The molecule has 2 aromatic rings. The lowest BCUT2D eigenvalue weighted by molar-refractivity contribution is -0.154. The van der Waals surface area contributed by atoms with Gasteiger partial charge in [0.1, 0.15) is 23.2 Å². The number of hydrogen-bond acceptors (Lipinski definition) is 8. The van der Waals surface area contributed by atoms with E-state index in [0.29, 0.717) is 22.6 Å². The Bertz CT molecular complexity index is 1080. The van der Waals surface area contributed by atoms with Gasteiger partial charge in [-0.25, -0.2) is 4.79 Å². The smallest absolute Gasteiger partial charge is 0.338 e. The van der Waals surface area contributed by atoms with Gasteiger partial charge >= 0.3 is 17.9 Å². The summed E-state index contributed by atoms with van der Waals surface area (Å²) in [7, 11) is 4.10. The molecular formula is C26H29NO7. The number of nitrogens with zero attached hydrogens (tertiary/aromatic N) is 1. The second-order valence-corrected chi connectivity index (χ2v) is 8.86. The molecule has 0 fully saturated rings. The summed E-state index contributed by atoms with van der Waals surface area (Å²) in [6, 6.07) is 13.0. The van der Waals surface area contributed by atoms with E-state index in [1.165, 1.54) is 14.2 Å². The summed E-state index contributed by atoms with van der Waals surface area (Å²) < 4.78 is 20.7. The first-order chi connectivity index (χ1) is 16.1. The molecule has 1 aliphatic heterocycles. The van der Waals surface area contributed by atoms with Gasteiger partial charge in [-0.05, 0) is 56.2 Å². The average Bonchev–Trinajstić information content (AvgIpc) is 3.22. The maximum Gasteiger partial charge on any atom is 0.338 e. The third-order valence-electron chi connectivity index (χ3n) is 5.47. The Morgan fingerprint density at radius 3 is 1.91 bits per heavy atom. The van der Waals surface area contributed by atoms with Crippen LogP contribution in [0, 0.1) is 11.8 Å². The second-order valence-electron chi connectivity index (χ2n) is 8.86. The van der Waals surface area contributed by atoms with Gasteiger partial charge in [0.15, 0.2) is 0 Å². The minimum Gasteiger partial charge on any atom is -0.497 e. The highest BCUT2D eigenvalue weighted by atomic mass is 16.6. The lowest BCUT2D eigenvalue weighted by Gasteiger charge is -2.21. The van der Waals surface area contributed by atoms with E-state index in [4.69, 9.17) is 23.9 Å². The molecule has 0 bridgehead atoms. The van der Waals surface area contributed by atoms with Crippen LogP contribution in [-0.4, -0.2) is 50.6 Å². The van der Waals surface area contributed by atoms with Gasteiger partial charge in [0.05, 0.1) is 38.6 Å². The summed E-state index contributed by atoms with van der Waals surface area (Å²) in [4.78, 5) is 42.8. The van der Waals surface area contributed by atoms with E-state index in [9.17, 15) is 14.4 Å². The van der Waals surface area contributed by atoms with Crippen LogP contribution in [0.5, 0.6) is 5.75 Å². The number of aliphatic imine (C=N–C) groups is 1. The predicted octanol–water partition coefficient (Wildman–Crippen LogP) is 3.77. The molecule has 8 nitrogen and oxygen atoms in total. The van der Waals surface area contributed by atoms with Crippen LogP contribution in [-0.2, 0) is 23.8 Å². The molecule has 0 aromatic heterocycles. The van der Waals surface area contributed by atoms with E-state index in [2.05, 4.69) is 0 Å². The monoisotopic (exact) mass is 467 g/mol.